The Kier molecular flexibility index (Phi) is 5.14. The molecule has 1 heterocycles. The van der Waals surface area contributed by atoms with Crippen molar-refractivity contribution in [2.75, 3.05) is 26.0 Å². The van der Waals surface area contributed by atoms with Crippen LogP contribution in [0.5, 0.6) is 0 Å². The van der Waals surface area contributed by atoms with Gasteiger partial charge in [-0.25, -0.2) is 0 Å². The highest BCUT2D eigenvalue weighted by molar-refractivity contribution is 5.90. The first kappa shape index (κ1) is 15.0. The van der Waals surface area contributed by atoms with Crippen LogP contribution in [0.1, 0.15) is 31.4 Å². The highest BCUT2D eigenvalue weighted by Crippen LogP contribution is 2.22. The Balaban J connectivity index is 1.76. The van der Waals surface area contributed by atoms with Crippen LogP contribution in [0.25, 0.3) is 0 Å². The number of nitrogens with zero attached hydrogens (tertiary/aromatic N) is 2. The molecule has 0 aromatic carbocycles. The third-order valence-corrected chi connectivity index (χ3v) is 4.01. The Morgan fingerprint density at radius 1 is 1.45 bits per heavy atom. The van der Waals surface area contributed by atoms with Crippen molar-refractivity contribution in [3.8, 4) is 0 Å². The number of amides is 1. The molecule has 1 amide bonds. The molecule has 0 unspecified atom stereocenters. The van der Waals surface area contributed by atoms with Crippen LogP contribution in [0.15, 0.2) is 10.6 Å². The van der Waals surface area contributed by atoms with Gasteiger partial charge in [0.2, 0.25) is 11.8 Å². The highest BCUT2D eigenvalue weighted by Gasteiger charge is 2.24. The number of carbonyl (C=O) groups excluding carboxylic acids is 1. The van der Waals surface area contributed by atoms with Crippen LogP contribution in [-0.2, 0) is 4.79 Å². The second-order valence-electron chi connectivity index (χ2n) is 5.59. The molecule has 0 atom stereocenters. The number of aryl methyl sites for hydroxylation is 1. The van der Waals surface area contributed by atoms with Crippen LogP contribution in [-0.4, -0.2) is 48.7 Å². The van der Waals surface area contributed by atoms with Crippen LogP contribution in [0.4, 0.5) is 5.88 Å². The van der Waals surface area contributed by atoms with Gasteiger partial charge in [0.05, 0.1) is 12.2 Å². The van der Waals surface area contributed by atoms with Crippen molar-refractivity contribution in [2.24, 2.45) is 0 Å². The second-order valence-corrected chi connectivity index (χ2v) is 5.59. The third kappa shape index (κ3) is 4.05. The summed E-state index contributed by atoms with van der Waals surface area (Å²) in [6.45, 7) is 2.21. The maximum Gasteiger partial charge on any atom is 0.240 e. The molecule has 1 aromatic heterocycles. The molecule has 1 aromatic rings. The maximum absolute atomic E-state index is 11.9. The van der Waals surface area contributed by atoms with Crippen molar-refractivity contribution in [3.05, 3.63) is 11.8 Å². The minimum absolute atomic E-state index is 0.0561. The highest BCUT2D eigenvalue weighted by atomic mass is 16.5. The molecule has 6 heteroatoms. The van der Waals surface area contributed by atoms with Crippen LogP contribution in [0.3, 0.4) is 0 Å². The summed E-state index contributed by atoms with van der Waals surface area (Å²) in [6.07, 6.45) is 4.62. The Morgan fingerprint density at radius 2 is 2.15 bits per heavy atom. The molecular formula is C14H24N4O2. The van der Waals surface area contributed by atoms with Crippen molar-refractivity contribution in [2.45, 2.75) is 44.7 Å². The first-order valence-electron chi connectivity index (χ1n) is 7.19. The Morgan fingerprint density at radius 3 is 2.70 bits per heavy atom. The molecule has 0 bridgehead atoms. The molecule has 1 aliphatic rings. The fourth-order valence-corrected chi connectivity index (χ4v) is 2.76. The van der Waals surface area contributed by atoms with Gasteiger partial charge in [-0.05, 0) is 46.7 Å². The molecule has 1 aliphatic carbocycles. The number of likely N-dealkylation sites (N-methyl/N-ethyl adjacent to an activating group) is 1. The van der Waals surface area contributed by atoms with E-state index in [1.54, 1.807) is 6.07 Å². The van der Waals surface area contributed by atoms with Crippen molar-refractivity contribution in [3.63, 3.8) is 0 Å². The molecule has 0 radical (unpaired) electrons. The summed E-state index contributed by atoms with van der Waals surface area (Å²) in [6, 6.07) is 2.84. The minimum Gasteiger partial charge on any atom is -0.338 e. The number of anilines is 1. The molecule has 6 nitrogen and oxygen atoms in total. The summed E-state index contributed by atoms with van der Waals surface area (Å²) >= 11 is 0. The molecule has 1 fully saturated rings. The van der Waals surface area contributed by atoms with Gasteiger partial charge in [0.15, 0.2) is 0 Å². The second kappa shape index (κ2) is 6.85. The molecular weight excluding hydrogens is 256 g/mol. The van der Waals surface area contributed by atoms with E-state index in [0.717, 1.165) is 18.5 Å². The Labute approximate surface area is 119 Å². The van der Waals surface area contributed by atoms with Gasteiger partial charge in [-0.15, -0.1) is 0 Å². The summed E-state index contributed by atoms with van der Waals surface area (Å²) in [5, 5.41) is 9.80. The van der Waals surface area contributed by atoms with Crippen LogP contribution in [0.2, 0.25) is 0 Å². The summed E-state index contributed by atoms with van der Waals surface area (Å²) in [5.74, 6) is 0.360. The lowest BCUT2D eigenvalue weighted by atomic mass is 9.90. The van der Waals surface area contributed by atoms with Gasteiger partial charge in [-0.3, -0.25) is 15.0 Å². The van der Waals surface area contributed by atoms with E-state index in [0.29, 0.717) is 24.5 Å². The lowest BCUT2D eigenvalue weighted by molar-refractivity contribution is -0.117. The van der Waals surface area contributed by atoms with Gasteiger partial charge in [0.1, 0.15) is 0 Å². The number of nitrogens with one attached hydrogen (secondary N) is 2. The van der Waals surface area contributed by atoms with E-state index in [1.165, 1.54) is 12.8 Å². The van der Waals surface area contributed by atoms with E-state index in [4.69, 9.17) is 4.52 Å². The lowest BCUT2D eigenvalue weighted by Crippen LogP contribution is -2.42. The van der Waals surface area contributed by atoms with E-state index in [2.05, 4.69) is 20.7 Å². The number of hydrogen-bond acceptors (Lipinski definition) is 5. The zero-order valence-corrected chi connectivity index (χ0v) is 12.5. The number of hydrogen-bond donors (Lipinski definition) is 2. The summed E-state index contributed by atoms with van der Waals surface area (Å²) in [5.41, 5.74) is 0.763. The van der Waals surface area contributed by atoms with Gasteiger partial charge in [-0.2, -0.15) is 0 Å². The van der Waals surface area contributed by atoms with E-state index in [1.807, 2.05) is 21.0 Å². The predicted octanol–water partition coefficient (Wildman–Crippen LogP) is 1.38. The summed E-state index contributed by atoms with van der Waals surface area (Å²) < 4.78 is 4.98. The monoisotopic (exact) mass is 280 g/mol. The molecule has 20 heavy (non-hydrogen) atoms. The molecule has 0 aliphatic heterocycles. The lowest BCUT2D eigenvalue weighted by Gasteiger charge is -2.34. The average molecular weight is 280 g/mol. The fourth-order valence-electron chi connectivity index (χ4n) is 2.76. The maximum atomic E-state index is 11.9. The summed E-state index contributed by atoms with van der Waals surface area (Å²) in [4.78, 5) is 14.1. The van der Waals surface area contributed by atoms with Crippen molar-refractivity contribution in [1.82, 2.24) is 15.4 Å². The fraction of sp³-hybridized carbons (Fsp3) is 0.714. The van der Waals surface area contributed by atoms with Crippen molar-refractivity contribution < 1.29 is 9.32 Å². The molecule has 112 valence electrons. The zero-order chi connectivity index (χ0) is 14.5. The number of aromatic nitrogens is 1. The van der Waals surface area contributed by atoms with E-state index in [9.17, 15) is 4.79 Å². The smallest absolute Gasteiger partial charge is 0.240 e. The summed E-state index contributed by atoms with van der Waals surface area (Å²) in [7, 11) is 4.02. The average Bonchev–Trinajstić information content (AvgIpc) is 2.84. The Bertz CT molecular complexity index is 438. The van der Waals surface area contributed by atoms with E-state index >= 15 is 0 Å². The molecule has 0 saturated heterocycles. The number of rotatable bonds is 5. The first-order chi connectivity index (χ1) is 9.58. The van der Waals surface area contributed by atoms with Crippen LogP contribution in [0, 0.1) is 6.92 Å². The van der Waals surface area contributed by atoms with E-state index in [-0.39, 0.29) is 5.91 Å². The van der Waals surface area contributed by atoms with Crippen molar-refractivity contribution in [1.29, 1.82) is 0 Å². The topological polar surface area (TPSA) is 70.4 Å². The van der Waals surface area contributed by atoms with Crippen LogP contribution < -0.4 is 10.6 Å². The molecule has 2 rings (SSSR count). The van der Waals surface area contributed by atoms with Gasteiger partial charge in [0.25, 0.3) is 0 Å². The van der Waals surface area contributed by atoms with Crippen molar-refractivity contribution >= 4 is 11.8 Å². The van der Waals surface area contributed by atoms with Gasteiger partial charge >= 0.3 is 0 Å². The SMILES string of the molecule is CNC1CCC(N(C)CC(=O)Nc2cc(C)no2)CC1. The largest absolute Gasteiger partial charge is 0.338 e. The zero-order valence-electron chi connectivity index (χ0n) is 12.5. The van der Waals surface area contributed by atoms with Crippen LogP contribution >= 0.6 is 0 Å². The number of carbonyl (C=O) groups is 1. The normalized spacial score (nSPS) is 23.0. The first-order valence-corrected chi connectivity index (χ1v) is 7.19. The van der Waals surface area contributed by atoms with Gasteiger partial charge < -0.3 is 9.84 Å². The third-order valence-electron chi connectivity index (χ3n) is 4.01. The minimum atomic E-state index is -0.0561. The Hall–Kier alpha value is -1.40. The van der Waals surface area contributed by atoms with E-state index < -0.39 is 0 Å². The molecule has 1 saturated carbocycles. The predicted molar refractivity (Wildman–Crippen MR) is 77.6 cm³/mol. The van der Waals surface area contributed by atoms with Gasteiger partial charge in [-0.1, -0.05) is 5.16 Å². The molecule has 2 N–H and O–H groups in total. The standard InChI is InChI=1S/C14H24N4O2/c1-10-8-14(20-17-10)16-13(19)9-18(3)12-6-4-11(15-2)5-7-12/h8,11-12,15H,4-7,9H2,1-3H3,(H,16,19). The van der Waals surface area contributed by atoms with Gasteiger partial charge in [0, 0.05) is 18.2 Å². The quantitative estimate of drug-likeness (QED) is 0.853. The molecule has 0 spiro atoms.